The number of aryl methyl sites for hydroxylation is 1. The highest BCUT2D eigenvalue weighted by Gasteiger charge is 2.12. The molecule has 0 saturated heterocycles. The highest BCUT2D eigenvalue weighted by atomic mass is 16.1. The van der Waals surface area contributed by atoms with Gasteiger partial charge in [0.15, 0.2) is 11.6 Å². The van der Waals surface area contributed by atoms with E-state index in [1.807, 2.05) is 49.4 Å². The lowest BCUT2D eigenvalue weighted by atomic mass is 10.1. The van der Waals surface area contributed by atoms with E-state index in [9.17, 15) is 4.79 Å². The summed E-state index contributed by atoms with van der Waals surface area (Å²) < 4.78 is 0. The number of fused-ring (bicyclic) bond motifs is 1. The van der Waals surface area contributed by atoms with Crippen LogP contribution in [0.2, 0.25) is 0 Å². The summed E-state index contributed by atoms with van der Waals surface area (Å²) in [6, 6.07) is 17.0. The first-order valence-electron chi connectivity index (χ1n) is 7.58. The van der Waals surface area contributed by atoms with Crippen molar-refractivity contribution in [2.24, 2.45) is 0 Å². The van der Waals surface area contributed by atoms with Gasteiger partial charge in [-0.15, -0.1) is 0 Å². The zero-order valence-corrected chi connectivity index (χ0v) is 13.0. The summed E-state index contributed by atoms with van der Waals surface area (Å²) in [5.74, 6) is 0.953. The van der Waals surface area contributed by atoms with Gasteiger partial charge in [-0.1, -0.05) is 30.3 Å². The summed E-state index contributed by atoms with van der Waals surface area (Å²) in [7, 11) is 0. The highest BCUT2D eigenvalue weighted by molar-refractivity contribution is 6.04. The number of aromatic nitrogens is 4. The fraction of sp³-hybridized carbons (Fsp3) is 0.0556. The first-order valence-corrected chi connectivity index (χ1v) is 7.58. The number of nitrogens with one attached hydrogen (secondary N) is 3. The standard InChI is InChI=1S/C18H15N5O/c1-11-6-2-3-7-12(11)18(24)21-16-10-15(22-23-16)17-19-13-8-4-5-9-14(13)20-17/h2-10H,1H3,(H,19,20)(H2,21,22,23,24). The molecule has 3 N–H and O–H groups in total. The third kappa shape index (κ3) is 2.54. The third-order valence-corrected chi connectivity index (χ3v) is 3.85. The normalized spacial score (nSPS) is 10.9. The molecule has 0 unspecified atom stereocenters. The minimum Gasteiger partial charge on any atom is -0.337 e. The fourth-order valence-corrected chi connectivity index (χ4v) is 2.60. The number of H-pyrrole nitrogens is 2. The highest BCUT2D eigenvalue weighted by Crippen LogP contribution is 2.21. The van der Waals surface area contributed by atoms with Crippen LogP contribution in [0.1, 0.15) is 15.9 Å². The SMILES string of the molecule is Cc1ccccc1C(=O)Nc1cc(-c2nc3ccccc3[nH]2)[nH]n1. The van der Waals surface area contributed by atoms with E-state index in [2.05, 4.69) is 25.5 Å². The summed E-state index contributed by atoms with van der Waals surface area (Å²) in [6.07, 6.45) is 0. The van der Waals surface area contributed by atoms with E-state index in [1.54, 1.807) is 12.1 Å². The van der Waals surface area contributed by atoms with Crippen molar-refractivity contribution in [1.29, 1.82) is 0 Å². The Morgan fingerprint density at radius 2 is 1.88 bits per heavy atom. The van der Waals surface area contributed by atoms with Gasteiger partial charge >= 0.3 is 0 Å². The molecule has 6 heteroatoms. The number of benzene rings is 2. The molecule has 2 aromatic heterocycles. The average Bonchev–Trinajstić information content (AvgIpc) is 3.21. The molecule has 1 amide bonds. The van der Waals surface area contributed by atoms with Gasteiger partial charge in [0, 0.05) is 11.6 Å². The van der Waals surface area contributed by atoms with Crippen LogP contribution in [0.4, 0.5) is 5.82 Å². The molecule has 2 aromatic carbocycles. The molecule has 0 spiro atoms. The molecule has 0 fully saturated rings. The molecule has 0 radical (unpaired) electrons. The molecule has 0 saturated carbocycles. The number of anilines is 1. The number of aromatic amines is 2. The van der Waals surface area contributed by atoms with E-state index in [4.69, 9.17) is 0 Å². The Morgan fingerprint density at radius 1 is 1.08 bits per heavy atom. The van der Waals surface area contributed by atoms with Crippen molar-refractivity contribution in [3.8, 4) is 11.5 Å². The van der Waals surface area contributed by atoms with Crippen molar-refractivity contribution in [3.05, 3.63) is 65.7 Å². The number of carbonyl (C=O) groups is 1. The predicted octanol–water partition coefficient (Wildman–Crippen LogP) is 3.51. The van der Waals surface area contributed by atoms with Gasteiger partial charge in [-0.2, -0.15) is 5.10 Å². The molecular formula is C18H15N5O. The van der Waals surface area contributed by atoms with Gasteiger partial charge in [-0.25, -0.2) is 4.98 Å². The molecule has 0 bridgehead atoms. The van der Waals surface area contributed by atoms with Crippen LogP contribution >= 0.6 is 0 Å². The largest absolute Gasteiger partial charge is 0.337 e. The van der Waals surface area contributed by atoms with Gasteiger partial charge in [0.25, 0.3) is 5.91 Å². The number of hydrogen-bond acceptors (Lipinski definition) is 3. The molecule has 6 nitrogen and oxygen atoms in total. The minimum atomic E-state index is -0.184. The molecule has 0 atom stereocenters. The van der Waals surface area contributed by atoms with Crippen LogP contribution < -0.4 is 5.32 Å². The quantitative estimate of drug-likeness (QED) is 0.540. The number of nitrogens with zero attached hydrogens (tertiary/aromatic N) is 2. The lowest BCUT2D eigenvalue weighted by Crippen LogP contribution is -2.13. The number of para-hydroxylation sites is 2. The predicted molar refractivity (Wildman–Crippen MR) is 92.8 cm³/mol. The van der Waals surface area contributed by atoms with Crippen molar-refractivity contribution in [2.75, 3.05) is 5.32 Å². The summed E-state index contributed by atoms with van der Waals surface area (Å²) in [5.41, 5.74) is 4.10. The summed E-state index contributed by atoms with van der Waals surface area (Å²) >= 11 is 0. The van der Waals surface area contributed by atoms with Crippen LogP contribution in [0.3, 0.4) is 0 Å². The topological polar surface area (TPSA) is 86.5 Å². The summed E-state index contributed by atoms with van der Waals surface area (Å²) in [6.45, 7) is 1.90. The molecule has 24 heavy (non-hydrogen) atoms. The maximum absolute atomic E-state index is 12.3. The zero-order chi connectivity index (χ0) is 16.5. The molecule has 0 aliphatic rings. The maximum atomic E-state index is 12.3. The lowest BCUT2D eigenvalue weighted by Gasteiger charge is -2.04. The van der Waals surface area contributed by atoms with Crippen LogP contribution in [0.15, 0.2) is 54.6 Å². The van der Waals surface area contributed by atoms with Crippen LogP contribution in [0.25, 0.3) is 22.6 Å². The van der Waals surface area contributed by atoms with Crippen molar-refractivity contribution in [2.45, 2.75) is 6.92 Å². The van der Waals surface area contributed by atoms with Crippen LogP contribution in [-0.2, 0) is 0 Å². The van der Waals surface area contributed by atoms with E-state index in [0.29, 0.717) is 22.9 Å². The molecule has 0 aliphatic carbocycles. The number of amides is 1. The van der Waals surface area contributed by atoms with E-state index in [-0.39, 0.29) is 5.91 Å². The Labute approximate surface area is 137 Å². The molecule has 118 valence electrons. The van der Waals surface area contributed by atoms with Crippen molar-refractivity contribution >= 4 is 22.8 Å². The Hall–Kier alpha value is -3.41. The number of carbonyl (C=O) groups excluding carboxylic acids is 1. The van der Waals surface area contributed by atoms with Gasteiger partial charge < -0.3 is 10.3 Å². The summed E-state index contributed by atoms with van der Waals surface area (Å²) in [5, 5.41) is 9.84. The monoisotopic (exact) mass is 317 g/mol. The molecular weight excluding hydrogens is 302 g/mol. The summed E-state index contributed by atoms with van der Waals surface area (Å²) in [4.78, 5) is 20.1. The molecule has 2 heterocycles. The van der Waals surface area contributed by atoms with E-state index < -0.39 is 0 Å². The Bertz CT molecular complexity index is 998. The average molecular weight is 317 g/mol. The van der Waals surface area contributed by atoms with Gasteiger partial charge in [-0.3, -0.25) is 9.89 Å². The third-order valence-electron chi connectivity index (χ3n) is 3.85. The first kappa shape index (κ1) is 14.2. The smallest absolute Gasteiger partial charge is 0.257 e. The minimum absolute atomic E-state index is 0.184. The van der Waals surface area contributed by atoms with Gasteiger partial charge in [0.2, 0.25) is 0 Å². The number of rotatable bonds is 3. The van der Waals surface area contributed by atoms with Gasteiger partial charge in [0.1, 0.15) is 5.69 Å². The van der Waals surface area contributed by atoms with Crippen LogP contribution in [0.5, 0.6) is 0 Å². The van der Waals surface area contributed by atoms with Gasteiger partial charge in [0.05, 0.1) is 11.0 Å². The lowest BCUT2D eigenvalue weighted by molar-refractivity contribution is 0.102. The first-order chi connectivity index (χ1) is 11.7. The molecule has 4 aromatic rings. The van der Waals surface area contributed by atoms with E-state index in [0.717, 1.165) is 16.6 Å². The second-order valence-electron chi connectivity index (χ2n) is 5.54. The van der Waals surface area contributed by atoms with Crippen LogP contribution in [0, 0.1) is 6.92 Å². The van der Waals surface area contributed by atoms with Crippen molar-refractivity contribution in [1.82, 2.24) is 20.2 Å². The Kier molecular flexibility index (Phi) is 3.35. The zero-order valence-electron chi connectivity index (χ0n) is 13.0. The van der Waals surface area contributed by atoms with Crippen molar-refractivity contribution in [3.63, 3.8) is 0 Å². The second-order valence-corrected chi connectivity index (χ2v) is 5.54. The van der Waals surface area contributed by atoms with E-state index in [1.165, 1.54) is 0 Å². The Balaban J connectivity index is 1.58. The number of hydrogen-bond donors (Lipinski definition) is 3. The molecule has 4 rings (SSSR count). The maximum Gasteiger partial charge on any atom is 0.257 e. The van der Waals surface area contributed by atoms with Gasteiger partial charge in [-0.05, 0) is 30.7 Å². The fourth-order valence-electron chi connectivity index (χ4n) is 2.60. The second kappa shape index (κ2) is 5.66. The van der Waals surface area contributed by atoms with E-state index >= 15 is 0 Å². The van der Waals surface area contributed by atoms with Crippen LogP contribution in [-0.4, -0.2) is 26.1 Å². The molecule has 0 aliphatic heterocycles. The Morgan fingerprint density at radius 3 is 2.71 bits per heavy atom. The van der Waals surface area contributed by atoms with Crippen molar-refractivity contribution < 1.29 is 4.79 Å². The number of imidazole rings is 1.